The van der Waals surface area contributed by atoms with E-state index in [1.54, 1.807) is 22.8 Å². The molecule has 0 aliphatic heterocycles. The molecule has 0 N–H and O–H groups in total. The number of aryl methyl sites for hydroxylation is 6. The van der Waals surface area contributed by atoms with Gasteiger partial charge in [0.1, 0.15) is 0 Å². The first kappa shape index (κ1) is 38.6. The molecule has 12 aromatic rings. The van der Waals surface area contributed by atoms with Crippen LogP contribution in [-0.2, 0) is 5.41 Å². The molecule has 0 saturated heterocycles. The number of fused-ring (bicyclic) bond motifs is 4. The fourth-order valence-corrected chi connectivity index (χ4v) is 22.3. The Balaban J connectivity index is 1.02. The molecule has 0 fully saturated rings. The third-order valence-electron chi connectivity index (χ3n) is 14.2. The summed E-state index contributed by atoms with van der Waals surface area (Å²) in [6, 6.07) is 41.6. The molecule has 5 nitrogen and oxygen atoms in total. The number of hydrogen-bond donors (Lipinski definition) is 0. The SMILES string of the molecule is [2H]c1c([2H])c([2H])c(-c2cccc(-c3c([2H])c([2H])c([2H])c([2H])c3[2H])c2-[n+]2[c-]n(-c3cccc(Oc4ccc5c6c[c]([Bi]([c]7c(C)cc(C)cc7C)[c]7c(C)cc(C)cc7C)ccc6n(-c6cc(C(C)(C)C)ccn6)c5c4)c3)c3ccccc32)c([2H])c1[2H]. The molecule has 12 rings (SSSR count). The van der Waals surface area contributed by atoms with E-state index in [1.165, 1.54) is 43.2 Å². The van der Waals surface area contributed by atoms with E-state index in [0.717, 1.165) is 33.2 Å². The first-order valence-electron chi connectivity index (χ1n) is 30.5. The monoisotopic (exact) mass is 1190 g/mol. The van der Waals surface area contributed by atoms with Gasteiger partial charge in [-0.2, -0.15) is 0 Å². The Labute approximate surface area is 469 Å². The van der Waals surface area contributed by atoms with Crippen LogP contribution in [0, 0.1) is 47.9 Å². The van der Waals surface area contributed by atoms with Crippen LogP contribution in [0.3, 0.4) is 0 Å². The van der Waals surface area contributed by atoms with Gasteiger partial charge < -0.3 is 0 Å². The fourth-order valence-electron chi connectivity index (χ4n) is 11.1. The average Bonchev–Trinajstić information content (AvgIpc) is 2.20. The predicted molar refractivity (Wildman–Crippen MR) is 318 cm³/mol. The van der Waals surface area contributed by atoms with Crippen LogP contribution in [0.4, 0.5) is 0 Å². The smallest absolute Gasteiger partial charge is 0.0666 e. The maximum Gasteiger partial charge on any atom is 0.0811 e. The largest absolute Gasteiger partial charge is 0.0811 e. The Morgan fingerprint density at radius 3 is 1.79 bits per heavy atom. The van der Waals surface area contributed by atoms with Gasteiger partial charge in [-0.25, -0.2) is 0 Å². The maximum absolute atomic E-state index is 9.11. The molecule has 6 heteroatoms. The molecule has 0 unspecified atom stereocenters. The van der Waals surface area contributed by atoms with Crippen LogP contribution < -0.4 is 19.1 Å². The third kappa shape index (κ3) is 8.93. The zero-order chi connectivity index (χ0) is 61.1. The Hall–Kier alpha value is -7.92. The van der Waals surface area contributed by atoms with Crippen LogP contribution in [0.2, 0.25) is 0 Å². The number of pyridine rings is 1. The molecule has 0 aliphatic carbocycles. The summed E-state index contributed by atoms with van der Waals surface area (Å²) < 4.78 is 105. The number of rotatable bonds is 10. The summed E-state index contributed by atoms with van der Waals surface area (Å²) in [4.78, 5) is 5.04. The van der Waals surface area contributed by atoms with Crippen LogP contribution in [0.15, 0.2) is 206 Å². The quantitative estimate of drug-likeness (QED) is 0.0777. The topological polar surface area (TPSA) is 35.9 Å². The van der Waals surface area contributed by atoms with E-state index >= 15 is 0 Å². The molecule has 0 bridgehead atoms. The molecular weight excluding hydrogens is 1120 g/mol. The number of imidazole rings is 1. The minimum Gasteiger partial charge on any atom is -0.0666 e. The molecule has 0 spiro atoms. The van der Waals surface area contributed by atoms with Crippen molar-refractivity contribution in [3.8, 4) is 50.9 Å². The normalized spacial score (nSPS) is 13.7. The zero-order valence-corrected chi connectivity index (χ0v) is 47.5. The van der Waals surface area contributed by atoms with E-state index in [-0.39, 0.29) is 33.4 Å². The van der Waals surface area contributed by atoms with Gasteiger partial charge in [0, 0.05) is 0 Å². The van der Waals surface area contributed by atoms with E-state index in [9.17, 15) is 0 Å². The Morgan fingerprint density at radius 1 is 0.553 bits per heavy atom. The summed E-state index contributed by atoms with van der Waals surface area (Å²) in [5, 5.41) is 2.19. The van der Waals surface area contributed by atoms with Gasteiger partial charge in [-0.1, -0.05) is 103 Å². The van der Waals surface area contributed by atoms with E-state index < -0.39 is 82.2 Å². The van der Waals surface area contributed by atoms with Crippen LogP contribution in [-0.4, -0.2) is 35.9 Å². The fraction of sp³-hybridized carbons (Fsp3) is 0.143. The van der Waals surface area contributed by atoms with E-state index in [2.05, 4.69) is 140 Å². The molecule has 3 heterocycles. The van der Waals surface area contributed by atoms with E-state index in [1.807, 2.05) is 65.4 Å². The van der Waals surface area contributed by atoms with Crippen LogP contribution in [0.1, 0.15) is 73.4 Å². The van der Waals surface area contributed by atoms with Crippen molar-refractivity contribution in [2.24, 2.45) is 0 Å². The van der Waals surface area contributed by atoms with Crippen molar-refractivity contribution in [3.63, 3.8) is 0 Å². The van der Waals surface area contributed by atoms with Crippen LogP contribution >= 0.6 is 0 Å². The number of aromatic nitrogens is 4. The molecule has 3 aromatic heterocycles. The molecule has 76 heavy (non-hydrogen) atoms. The summed E-state index contributed by atoms with van der Waals surface area (Å²) in [5.41, 5.74) is 13.0. The first-order valence-corrected chi connectivity index (χ1v) is 30.7. The summed E-state index contributed by atoms with van der Waals surface area (Å²) in [5.74, 6) is 1.90. The van der Waals surface area contributed by atoms with Gasteiger partial charge in [0.05, 0.1) is 30.4 Å². The van der Waals surface area contributed by atoms with Gasteiger partial charge >= 0.3 is 305 Å². The van der Waals surface area contributed by atoms with Crippen molar-refractivity contribution in [1.82, 2.24) is 14.1 Å². The standard InChI is InChI=1S/C52H39N4O.2C9H11.Bi/c1-52(2,3)38-30-31-53-50(32-38)56-46-25-11-10-22-44(46)45-29-28-41(34-49(45)56)57-40-21-14-20-39(33-40)54-35-55(48-27-13-12-26-47(48)54)51-42(36-16-6-4-7-17-36)23-15-24-43(51)37-18-8-5-9-19-37;2*1-7-4-8(2)6-9(3)5-7;/h4-9,11-34H,1-3H3;2*4-5H,1-3H3;/i4D,5D,6D,7D,8D,9D,16D,17D,18D,19D;;;. The van der Waals surface area contributed by atoms with Gasteiger partial charge in [-0.3, -0.25) is 4.57 Å². The van der Waals surface area contributed by atoms with Crippen molar-refractivity contribution in [3.05, 3.63) is 251 Å². The Bertz CT molecular complexity index is 4580. The maximum atomic E-state index is 9.11. The summed E-state index contributed by atoms with van der Waals surface area (Å²) in [7, 11) is 0. The Morgan fingerprint density at radius 2 is 1.16 bits per heavy atom. The van der Waals surface area contributed by atoms with Crippen LogP contribution in [0.25, 0.3) is 72.3 Å². The second kappa shape index (κ2) is 19.7. The molecule has 0 atom stereocenters. The average molecular weight is 1190 g/mol. The van der Waals surface area contributed by atoms with Crippen molar-refractivity contribution in [1.29, 1.82) is 0 Å². The number of ether oxygens (including phenoxy) is 1. The van der Waals surface area contributed by atoms with Gasteiger partial charge in [0.15, 0.2) is 0 Å². The van der Waals surface area contributed by atoms with Crippen LogP contribution in [0.5, 0.6) is 11.5 Å². The number of benzene rings is 9. The van der Waals surface area contributed by atoms with Crippen molar-refractivity contribution in [2.45, 2.75) is 67.7 Å². The van der Waals surface area contributed by atoms with Crippen molar-refractivity contribution >= 4 is 64.4 Å². The molecule has 0 radical (unpaired) electrons. The Kier molecular flexibility index (Phi) is 9.98. The first-order chi connectivity index (χ1) is 40.9. The molecule has 372 valence electrons. The van der Waals surface area contributed by atoms with Gasteiger partial charge in [0.2, 0.25) is 0 Å². The van der Waals surface area contributed by atoms with E-state index in [4.69, 9.17) is 23.4 Å². The minimum absolute atomic E-state index is 0.130. The molecule has 0 amide bonds. The molecule has 0 saturated carbocycles. The summed E-state index contributed by atoms with van der Waals surface area (Å²) in [6.45, 7) is 20.1. The third-order valence-corrected chi connectivity index (χ3v) is 26.3. The second-order valence-corrected chi connectivity index (χ2v) is 28.9. The van der Waals surface area contributed by atoms with E-state index in [0.29, 0.717) is 28.2 Å². The molecule has 9 aromatic carbocycles. The second-order valence-electron chi connectivity index (χ2n) is 20.8. The summed E-state index contributed by atoms with van der Waals surface area (Å²) >= 11 is -3.05. The van der Waals surface area contributed by atoms with Gasteiger partial charge in [-0.15, -0.1) is 0 Å². The van der Waals surface area contributed by atoms with Crippen molar-refractivity contribution in [2.75, 3.05) is 0 Å². The number of nitrogens with zero attached hydrogens (tertiary/aromatic N) is 4. The predicted octanol–water partition coefficient (Wildman–Crippen LogP) is 15.0. The zero-order valence-electron chi connectivity index (χ0n) is 54.0. The molecular formula is C70H61BiN4O. The van der Waals surface area contributed by atoms with Gasteiger partial charge in [0.25, 0.3) is 6.33 Å². The van der Waals surface area contributed by atoms with Gasteiger partial charge in [-0.05, 0) is 22.3 Å². The molecule has 0 aliphatic rings. The number of para-hydroxylation sites is 3. The minimum atomic E-state index is -3.05. The van der Waals surface area contributed by atoms with Crippen molar-refractivity contribution < 1.29 is 23.0 Å². The summed E-state index contributed by atoms with van der Waals surface area (Å²) in [6.07, 6.45) is 5.38. The number of hydrogen-bond acceptors (Lipinski definition) is 2.